The number of fused-ring (bicyclic) bond motifs is 1. The molecule has 1 saturated heterocycles. The van der Waals surface area contributed by atoms with Gasteiger partial charge in [0, 0.05) is 16.8 Å². The van der Waals surface area contributed by atoms with Gasteiger partial charge >= 0.3 is 0 Å². The van der Waals surface area contributed by atoms with E-state index in [-0.39, 0.29) is 6.54 Å². The summed E-state index contributed by atoms with van der Waals surface area (Å²) in [6.45, 7) is -0.257. The SMILES string of the molecule is COc1ccc(NC(=O)CN2N=N[C@@H]3C(=O)N(c4ccc(Cl)cc4)C(=O)[C@H]32)cc1OC. The number of halogens is 1. The summed E-state index contributed by atoms with van der Waals surface area (Å²) in [5, 5.41) is 12.2. The average Bonchev–Trinajstić information content (AvgIpc) is 3.28. The number of amides is 3. The number of carbonyl (C=O) groups is 3. The second kappa shape index (κ2) is 8.23. The molecule has 0 spiro atoms. The standard InChI is InChI=1S/C20H18ClN5O5/c1-30-14-8-5-12(9-15(14)31-2)22-16(27)10-25-18-17(23-24-25)19(28)26(20(18)29)13-6-3-11(21)4-7-13/h3-9,17-18H,10H2,1-2H3,(H,22,27)/t17-,18-/m0/s1. The molecule has 2 heterocycles. The number of rotatable bonds is 6. The first-order valence-electron chi connectivity index (χ1n) is 9.25. The minimum absolute atomic E-state index is 0.257. The van der Waals surface area contributed by atoms with E-state index < -0.39 is 29.8 Å². The molecule has 2 aliphatic heterocycles. The average molecular weight is 444 g/mol. The molecular weight excluding hydrogens is 426 g/mol. The molecule has 11 heteroatoms. The fraction of sp³-hybridized carbons (Fsp3) is 0.250. The molecule has 0 saturated carbocycles. The summed E-state index contributed by atoms with van der Waals surface area (Å²) < 4.78 is 10.4. The van der Waals surface area contributed by atoms with Gasteiger partial charge in [-0.15, -0.1) is 0 Å². The third kappa shape index (κ3) is 3.77. The molecule has 3 amide bonds. The lowest BCUT2D eigenvalue weighted by molar-refractivity contribution is -0.123. The van der Waals surface area contributed by atoms with E-state index in [2.05, 4.69) is 15.7 Å². The number of nitrogens with one attached hydrogen (secondary N) is 1. The first kappa shape index (κ1) is 20.6. The van der Waals surface area contributed by atoms with E-state index in [1.807, 2.05) is 0 Å². The molecule has 4 rings (SSSR count). The molecule has 1 fully saturated rings. The molecule has 0 aliphatic carbocycles. The van der Waals surface area contributed by atoms with Crippen LogP contribution in [-0.4, -0.2) is 55.6 Å². The zero-order valence-corrected chi connectivity index (χ0v) is 17.4. The minimum Gasteiger partial charge on any atom is -0.493 e. The number of hydrogen-bond donors (Lipinski definition) is 1. The number of nitrogens with zero attached hydrogens (tertiary/aromatic N) is 4. The molecule has 2 atom stereocenters. The summed E-state index contributed by atoms with van der Waals surface area (Å²) in [6, 6.07) is 9.27. The van der Waals surface area contributed by atoms with Crippen LogP contribution in [0.2, 0.25) is 5.02 Å². The maximum Gasteiger partial charge on any atom is 0.263 e. The topological polar surface area (TPSA) is 113 Å². The van der Waals surface area contributed by atoms with Crippen LogP contribution in [-0.2, 0) is 14.4 Å². The van der Waals surface area contributed by atoms with Crippen LogP contribution in [0.4, 0.5) is 11.4 Å². The maximum absolute atomic E-state index is 12.9. The van der Waals surface area contributed by atoms with Gasteiger partial charge in [0.1, 0.15) is 6.54 Å². The molecular formula is C20H18ClN5O5. The Bertz CT molecular complexity index is 1070. The van der Waals surface area contributed by atoms with Crippen molar-refractivity contribution >= 4 is 40.7 Å². The van der Waals surface area contributed by atoms with Gasteiger partial charge < -0.3 is 14.8 Å². The molecule has 31 heavy (non-hydrogen) atoms. The smallest absolute Gasteiger partial charge is 0.263 e. The minimum atomic E-state index is -0.989. The van der Waals surface area contributed by atoms with Crippen LogP contribution < -0.4 is 19.7 Å². The Morgan fingerprint density at radius 2 is 1.77 bits per heavy atom. The van der Waals surface area contributed by atoms with Crippen molar-refractivity contribution in [2.75, 3.05) is 31.0 Å². The molecule has 2 aliphatic rings. The lowest BCUT2D eigenvalue weighted by Crippen LogP contribution is -2.43. The van der Waals surface area contributed by atoms with Gasteiger partial charge in [0.25, 0.3) is 11.8 Å². The van der Waals surface area contributed by atoms with Gasteiger partial charge in [0.05, 0.1) is 19.9 Å². The third-order valence-electron chi connectivity index (χ3n) is 4.92. The van der Waals surface area contributed by atoms with Gasteiger partial charge in [-0.1, -0.05) is 16.8 Å². The van der Waals surface area contributed by atoms with Crippen molar-refractivity contribution in [3.63, 3.8) is 0 Å². The Hall–Kier alpha value is -3.66. The van der Waals surface area contributed by atoms with Gasteiger partial charge in [0.2, 0.25) is 5.91 Å². The summed E-state index contributed by atoms with van der Waals surface area (Å²) in [7, 11) is 3.00. The molecule has 0 aromatic heterocycles. The molecule has 1 N–H and O–H groups in total. The number of imide groups is 1. The Balaban J connectivity index is 1.46. The van der Waals surface area contributed by atoms with E-state index in [1.165, 1.54) is 19.2 Å². The van der Waals surface area contributed by atoms with Gasteiger partial charge in [-0.2, -0.15) is 5.11 Å². The van der Waals surface area contributed by atoms with E-state index in [0.29, 0.717) is 27.9 Å². The van der Waals surface area contributed by atoms with E-state index in [9.17, 15) is 14.4 Å². The Morgan fingerprint density at radius 1 is 1.06 bits per heavy atom. The summed E-state index contributed by atoms with van der Waals surface area (Å²) in [5.41, 5.74) is 0.866. The number of carbonyl (C=O) groups excluding carboxylic acids is 3. The molecule has 0 radical (unpaired) electrons. The van der Waals surface area contributed by atoms with Crippen molar-refractivity contribution in [2.45, 2.75) is 12.1 Å². The highest BCUT2D eigenvalue weighted by Gasteiger charge is 2.55. The molecule has 10 nitrogen and oxygen atoms in total. The van der Waals surface area contributed by atoms with Gasteiger partial charge in [-0.3, -0.25) is 19.4 Å². The van der Waals surface area contributed by atoms with E-state index >= 15 is 0 Å². The van der Waals surface area contributed by atoms with Gasteiger partial charge in [0.15, 0.2) is 23.6 Å². The molecule has 160 valence electrons. The summed E-state index contributed by atoms with van der Waals surface area (Å²) in [4.78, 5) is 39.2. The maximum atomic E-state index is 12.9. The number of anilines is 2. The zero-order chi connectivity index (χ0) is 22.1. The van der Waals surface area contributed by atoms with Gasteiger partial charge in [-0.25, -0.2) is 4.90 Å². The van der Waals surface area contributed by atoms with Crippen LogP contribution in [0.15, 0.2) is 52.8 Å². The Kier molecular flexibility index (Phi) is 5.47. The number of ether oxygens (including phenoxy) is 2. The highest BCUT2D eigenvalue weighted by Crippen LogP contribution is 2.33. The summed E-state index contributed by atoms with van der Waals surface area (Å²) in [5.74, 6) is -0.451. The first-order chi connectivity index (χ1) is 14.9. The van der Waals surface area contributed by atoms with Crippen molar-refractivity contribution in [1.29, 1.82) is 0 Å². The van der Waals surface area contributed by atoms with Crippen LogP contribution >= 0.6 is 11.6 Å². The van der Waals surface area contributed by atoms with Crippen LogP contribution in [0.25, 0.3) is 0 Å². The van der Waals surface area contributed by atoms with E-state index in [4.69, 9.17) is 21.1 Å². The Labute approximate surface area is 182 Å². The second-order valence-electron chi connectivity index (χ2n) is 6.80. The largest absolute Gasteiger partial charge is 0.493 e. The monoisotopic (exact) mass is 443 g/mol. The van der Waals surface area contributed by atoms with Crippen LogP contribution in [0.5, 0.6) is 11.5 Å². The molecule has 0 bridgehead atoms. The lowest BCUT2D eigenvalue weighted by Gasteiger charge is -2.20. The lowest BCUT2D eigenvalue weighted by atomic mass is 10.1. The van der Waals surface area contributed by atoms with Crippen molar-refractivity contribution in [1.82, 2.24) is 5.01 Å². The number of hydrogen-bond acceptors (Lipinski definition) is 8. The zero-order valence-electron chi connectivity index (χ0n) is 16.6. The summed E-state index contributed by atoms with van der Waals surface area (Å²) >= 11 is 5.88. The van der Waals surface area contributed by atoms with Crippen LogP contribution in [0, 0.1) is 0 Å². The molecule has 2 aromatic rings. The molecule has 0 unspecified atom stereocenters. The predicted octanol–water partition coefficient (Wildman–Crippen LogP) is 2.29. The van der Waals surface area contributed by atoms with E-state index in [1.54, 1.807) is 42.5 Å². The van der Waals surface area contributed by atoms with Crippen molar-refractivity contribution in [3.8, 4) is 11.5 Å². The van der Waals surface area contributed by atoms with Crippen molar-refractivity contribution in [3.05, 3.63) is 47.5 Å². The number of benzene rings is 2. The van der Waals surface area contributed by atoms with Gasteiger partial charge in [-0.05, 0) is 36.4 Å². The highest BCUT2D eigenvalue weighted by atomic mass is 35.5. The second-order valence-corrected chi connectivity index (χ2v) is 7.23. The quantitative estimate of drug-likeness (QED) is 0.685. The van der Waals surface area contributed by atoms with Crippen molar-refractivity contribution < 1.29 is 23.9 Å². The van der Waals surface area contributed by atoms with E-state index in [0.717, 1.165) is 4.90 Å². The van der Waals surface area contributed by atoms with Crippen LogP contribution in [0.3, 0.4) is 0 Å². The summed E-state index contributed by atoms with van der Waals surface area (Å²) in [6.07, 6.45) is 0. The van der Waals surface area contributed by atoms with Crippen molar-refractivity contribution in [2.24, 2.45) is 10.3 Å². The fourth-order valence-electron chi connectivity index (χ4n) is 3.46. The number of methoxy groups -OCH3 is 2. The predicted molar refractivity (Wildman–Crippen MR) is 111 cm³/mol. The normalized spacial score (nSPS) is 19.6. The van der Waals surface area contributed by atoms with Crippen LogP contribution in [0.1, 0.15) is 0 Å². The molecule has 2 aromatic carbocycles. The highest BCUT2D eigenvalue weighted by molar-refractivity contribution is 6.31. The first-order valence-corrected chi connectivity index (χ1v) is 9.63. The third-order valence-corrected chi connectivity index (χ3v) is 5.17. The Morgan fingerprint density at radius 3 is 2.45 bits per heavy atom. The fourth-order valence-corrected chi connectivity index (χ4v) is 3.59.